The Kier molecular flexibility index (Phi) is 3.50. The molecule has 0 aromatic heterocycles. The van der Waals surface area contributed by atoms with Crippen molar-refractivity contribution in [3.8, 4) is 12.3 Å². The first-order chi connectivity index (χ1) is 11.0. The molecule has 0 aliphatic heterocycles. The molecule has 4 aliphatic carbocycles. The minimum atomic E-state index is -0.893. The maximum absolute atomic E-state index is 11.8. The number of rotatable bonds is 1. The molecule has 4 aliphatic rings. The second-order valence-electron chi connectivity index (χ2n) is 8.40. The first-order valence-corrected chi connectivity index (χ1v) is 9.48. The van der Waals surface area contributed by atoms with Gasteiger partial charge < -0.3 is 5.11 Å². The van der Waals surface area contributed by atoms with E-state index in [9.17, 15) is 9.90 Å². The number of fused-ring (bicyclic) bond motifs is 5. The van der Waals surface area contributed by atoms with Crippen LogP contribution in [0.4, 0.5) is 0 Å². The largest absolute Gasteiger partial charge is 0.377 e. The topological polar surface area (TPSA) is 37.3 Å². The number of ketones is 1. The SMILES string of the molecule is C#C[C@]1(O)CC[C@H]2[C@H]3CCC4=CC(=O)CC[C@@H]4[C@@H]3CC[C@@]21CC. The number of allylic oxidation sites excluding steroid dienone is 1. The van der Waals surface area contributed by atoms with Gasteiger partial charge in [0.05, 0.1) is 0 Å². The molecule has 0 aromatic carbocycles. The van der Waals surface area contributed by atoms with Gasteiger partial charge >= 0.3 is 0 Å². The fraction of sp³-hybridized carbons (Fsp3) is 0.762. The number of aliphatic hydroxyl groups is 1. The van der Waals surface area contributed by atoms with Crippen LogP contribution in [0.3, 0.4) is 0 Å². The summed E-state index contributed by atoms with van der Waals surface area (Å²) in [5.74, 6) is 5.73. The summed E-state index contributed by atoms with van der Waals surface area (Å²) in [6.45, 7) is 2.22. The highest BCUT2D eigenvalue weighted by molar-refractivity contribution is 5.91. The van der Waals surface area contributed by atoms with Gasteiger partial charge in [-0.05, 0) is 81.1 Å². The molecular formula is C21H28O2. The van der Waals surface area contributed by atoms with E-state index in [2.05, 4.69) is 12.8 Å². The third kappa shape index (κ3) is 1.96. The quantitative estimate of drug-likeness (QED) is 0.746. The molecule has 0 saturated heterocycles. The number of carbonyl (C=O) groups is 1. The smallest absolute Gasteiger partial charge is 0.155 e. The van der Waals surface area contributed by atoms with Crippen LogP contribution in [0.15, 0.2) is 11.6 Å². The highest BCUT2D eigenvalue weighted by Gasteiger charge is 2.63. The molecule has 3 fully saturated rings. The molecule has 6 atom stereocenters. The van der Waals surface area contributed by atoms with Crippen LogP contribution in [-0.4, -0.2) is 16.5 Å². The van der Waals surface area contributed by atoms with E-state index >= 15 is 0 Å². The van der Waals surface area contributed by atoms with Crippen molar-refractivity contribution >= 4 is 5.78 Å². The molecule has 23 heavy (non-hydrogen) atoms. The Hall–Kier alpha value is -1.07. The lowest BCUT2D eigenvalue weighted by molar-refractivity contribution is -0.117. The van der Waals surface area contributed by atoms with E-state index in [1.807, 2.05) is 6.08 Å². The zero-order valence-electron chi connectivity index (χ0n) is 14.2. The second kappa shape index (κ2) is 5.21. The van der Waals surface area contributed by atoms with E-state index in [1.165, 1.54) is 18.4 Å². The summed E-state index contributed by atoms with van der Waals surface area (Å²) < 4.78 is 0. The predicted octanol–water partition coefficient (Wildman–Crippen LogP) is 3.88. The first kappa shape index (κ1) is 15.5. The highest BCUT2D eigenvalue weighted by atomic mass is 16.3. The van der Waals surface area contributed by atoms with Crippen LogP contribution in [0.25, 0.3) is 0 Å². The van der Waals surface area contributed by atoms with Crippen molar-refractivity contribution in [2.24, 2.45) is 29.1 Å². The van der Waals surface area contributed by atoms with Gasteiger partial charge in [-0.25, -0.2) is 0 Å². The Balaban J connectivity index is 1.67. The standard InChI is InChI=1S/C21H28O2/c1-3-20-11-9-17-16-8-6-15(22)13-14(16)5-7-18(17)19(20)10-12-21(20,23)4-2/h2,13,16-19,23H,3,5-12H2,1H3/t16-,17-,18-,19-,20-,21-/m0/s1. The van der Waals surface area contributed by atoms with Crippen molar-refractivity contribution in [2.45, 2.75) is 70.3 Å². The van der Waals surface area contributed by atoms with Crippen LogP contribution in [0, 0.1) is 41.4 Å². The Labute approximate surface area is 139 Å². The van der Waals surface area contributed by atoms with Gasteiger partial charge in [-0.2, -0.15) is 0 Å². The van der Waals surface area contributed by atoms with Gasteiger partial charge in [0.2, 0.25) is 0 Å². The van der Waals surface area contributed by atoms with Gasteiger partial charge in [0.1, 0.15) is 5.60 Å². The van der Waals surface area contributed by atoms with Crippen molar-refractivity contribution in [2.75, 3.05) is 0 Å². The van der Waals surface area contributed by atoms with Crippen LogP contribution < -0.4 is 0 Å². The van der Waals surface area contributed by atoms with Crippen molar-refractivity contribution < 1.29 is 9.90 Å². The molecule has 2 heteroatoms. The third-order valence-electron chi connectivity index (χ3n) is 8.02. The maximum atomic E-state index is 11.8. The zero-order chi connectivity index (χ0) is 16.2. The number of carbonyl (C=O) groups excluding carboxylic acids is 1. The van der Waals surface area contributed by atoms with Crippen LogP contribution in [-0.2, 0) is 4.79 Å². The molecule has 0 unspecified atom stereocenters. The Morgan fingerprint density at radius 1 is 1.22 bits per heavy atom. The van der Waals surface area contributed by atoms with E-state index in [0.29, 0.717) is 29.5 Å². The van der Waals surface area contributed by atoms with Gasteiger partial charge in [-0.15, -0.1) is 6.42 Å². The minimum absolute atomic E-state index is 0.0609. The molecule has 0 heterocycles. The lowest BCUT2D eigenvalue weighted by Gasteiger charge is -2.55. The number of terminal acetylenes is 1. The normalized spacial score (nSPS) is 48.7. The summed E-state index contributed by atoms with van der Waals surface area (Å²) in [6.07, 6.45) is 16.9. The molecular weight excluding hydrogens is 284 g/mol. The Morgan fingerprint density at radius 2 is 2.04 bits per heavy atom. The number of hydrogen-bond donors (Lipinski definition) is 1. The van der Waals surface area contributed by atoms with E-state index in [1.54, 1.807) is 0 Å². The van der Waals surface area contributed by atoms with Crippen molar-refractivity contribution in [3.63, 3.8) is 0 Å². The van der Waals surface area contributed by atoms with Gasteiger partial charge in [-0.3, -0.25) is 4.79 Å². The predicted molar refractivity (Wildman–Crippen MR) is 90.5 cm³/mol. The fourth-order valence-corrected chi connectivity index (χ4v) is 6.96. The summed E-state index contributed by atoms with van der Waals surface area (Å²) in [4.78, 5) is 11.8. The molecule has 0 radical (unpaired) electrons. The molecule has 2 nitrogen and oxygen atoms in total. The van der Waals surface area contributed by atoms with Gasteiger partial charge in [0.25, 0.3) is 0 Å². The molecule has 4 rings (SSSR count). The Bertz CT molecular complexity index is 597. The monoisotopic (exact) mass is 312 g/mol. The van der Waals surface area contributed by atoms with Crippen LogP contribution >= 0.6 is 0 Å². The van der Waals surface area contributed by atoms with E-state index in [-0.39, 0.29) is 5.41 Å². The molecule has 0 amide bonds. The average molecular weight is 312 g/mol. The molecule has 0 aromatic rings. The minimum Gasteiger partial charge on any atom is -0.377 e. The van der Waals surface area contributed by atoms with Crippen molar-refractivity contribution in [3.05, 3.63) is 11.6 Å². The molecule has 0 spiro atoms. The molecule has 124 valence electrons. The summed E-state index contributed by atoms with van der Waals surface area (Å²) in [5.41, 5.74) is 0.474. The lowest BCUT2D eigenvalue weighted by Crippen LogP contribution is -2.53. The van der Waals surface area contributed by atoms with Crippen molar-refractivity contribution in [1.82, 2.24) is 0 Å². The summed E-state index contributed by atoms with van der Waals surface area (Å²) in [6, 6.07) is 0. The maximum Gasteiger partial charge on any atom is 0.155 e. The van der Waals surface area contributed by atoms with Gasteiger partial charge in [0.15, 0.2) is 5.78 Å². The third-order valence-corrected chi connectivity index (χ3v) is 8.02. The van der Waals surface area contributed by atoms with Crippen molar-refractivity contribution in [1.29, 1.82) is 0 Å². The molecule has 1 N–H and O–H groups in total. The molecule has 0 bridgehead atoms. The summed E-state index contributed by atoms with van der Waals surface area (Å²) >= 11 is 0. The van der Waals surface area contributed by atoms with Gasteiger partial charge in [0, 0.05) is 11.8 Å². The number of hydrogen-bond acceptors (Lipinski definition) is 2. The van der Waals surface area contributed by atoms with E-state index < -0.39 is 5.60 Å². The molecule has 3 saturated carbocycles. The van der Waals surface area contributed by atoms with E-state index in [4.69, 9.17) is 6.42 Å². The average Bonchev–Trinajstić information content (AvgIpc) is 2.88. The second-order valence-corrected chi connectivity index (χ2v) is 8.40. The highest BCUT2D eigenvalue weighted by Crippen LogP contribution is 2.66. The van der Waals surface area contributed by atoms with Gasteiger partial charge in [-0.1, -0.05) is 18.4 Å². The zero-order valence-corrected chi connectivity index (χ0v) is 14.2. The first-order valence-electron chi connectivity index (χ1n) is 9.48. The Morgan fingerprint density at radius 3 is 2.78 bits per heavy atom. The fourth-order valence-electron chi connectivity index (χ4n) is 6.96. The van der Waals surface area contributed by atoms with Crippen LogP contribution in [0.2, 0.25) is 0 Å². The van der Waals surface area contributed by atoms with E-state index in [0.717, 1.165) is 44.9 Å². The lowest BCUT2D eigenvalue weighted by atomic mass is 9.49. The van der Waals surface area contributed by atoms with Crippen LogP contribution in [0.1, 0.15) is 64.7 Å². The summed E-state index contributed by atoms with van der Waals surface area (Å²) in [7, 11) is 0. The summed E-state index contributed by atoms with van der Waals surface area (Å²) in [5, 5.41) is 11.1. The van der Waals surface area contributed by atoms with Crippen LogP contribution in [0.5, 0.6) is 0 Å².